The van der Waals surface area contributed by atoms with Crippen LogP contribution in [0.3, 0.4) is 0 Å². The van der Waals surface area contributed by atoms with Crippen LogP contribution in [0.15, 0.2) is 21.1 Å². The summed E-state index contributed by atoms with van der Waals surface area (Å²) in [6.45, 7) is 4.33. The lowest BCUT2D eigenvalue weighted by Gasteiger charge is -2.20. The topological polar surface area (TPSA) is 20.2 Å². The Labute approximate surface area is 101 Å². The van der Waals surface area contributed by atoms with Crippen molar-refractivity contribution in [1.82, 2.24) is 0 Å². The van der Waals surface area contributed by atoms with E-state index in [1.54, 1.807) is 0 Å². The lowest BCUT2D eigenvalue weighted by molar-refractivity contribution is 0.161. The summed E-state index contributed by atoms with van der Waals surface area (Å²) in [6, 6.07) is 4.01. The van der Waals surface area contributed by atoms with Crippen molar-refractivity contribution in [3.63, 3.8) is 0 Å². The number of rotatable bonds is 0. The highest BCUT2D eigenvalue weighted by Crippen LogP contribution is 2.50. The van der Waals surface area contributed by atoms with Crippen molar-refractivity contribution in [2.24, 2.45) is 0 Å². The van der Waals surface area contributed by atoms with Crippen LogP contribution in [-0.2, 0) is 5.41 Å². The third-order valence-electron chi connectivity index (χ3n) is 2.86. The van der Waals surface area contributed by atoms with E-state index < -0.39 is 0 Å². The Balaban J connectivity index is 2.73. The van der Waals surface area contributed by atoms with Gasteiger partial charge in [0, 0.05) is 8.95 Å². The lowest BCUT2D eigenvalue weighted by Crippen LogP contribution is -2.13. The van der Waals surface area contributed by atoms with Crippen molar-refractivity contribution < 1.29 is 5.11 Å². The number of aliphatic hydroxyl groups excluding tert-OH is 1. The SMILES string of the molecule is CC1(C)CC(O)c2c(Br)ccc(Br)c21. The maximum atomic E-state index is 9.97. The molecule has 0 heterocycles. The molecular formula is C11H12Br2O. The minimum Gasteiger partial charge on any atom is -0.388 e. The molecule has 1 N–H and O–H groups in total. The second kappa shape index (κ2) is 3.32. The minimum atomic E-state index is -0.341. The molecule has 0 aliphatic heterocycles. The minimum absolute atomic E-state index is 0.0529. The van der Waals surface area contributed by atoms with Crippen LogP contribution in [-0.4, -0.2) is 5.11 Å². The summed E-state index contributed by atoms with van der Waals surface area (Å²) in [5.41, 5.74) is 2.33. The van der Waals surface area contributed by atoms with Crippen molar-refractivity contribution in [1.29, 1.82) is 0 Å². The average molecular weight is 320 g/mol. The summed E-state index contributed by atoms with van der Waals surface area (Å²) in [5, 5.41) is 9.97. The average Bonchev–Trinajstić information content (AvgIpc) is 2.30. The summed E-state index contributed by atoms with van der Waals surface area (Å²) in [4.78, 5) is 0. The predicted molar refractivity (Wildman–Crippen MR) is 64.4 cm³/mol. The molecule has 0 amide bonds. The van der Waals surface area contributed by atoms with Crippen LogP contribution in [0.5, 0.6) is 0 Å². The highest BCUT2D eigenvalue weighted by Gasteiger charge is 2.38. The van der Waals surface area contributed by atoms with Gasteiger partial charge in [0.2, 0.25) is 0 Å². The highest BCUT2D eigenvalue weighted by atomic mass is 79.9. The van der Waals surface area contributed by atoms with Gasteiger partial charge in [0.05, 0.1) is 6.10 Å². The molecular weight excluding hydrogens is 308 g/mol. The molecule has 1 aromatic carbocycles. The van der Waals surface area contributed by atoms with Gasteiger partial charge in [-0.1, -0.05) is 45.7 Å². The number of halogens is 2. The molecule has 2 rings (SSSR count). The molecule has 1 atom stereocenters. The number of benzene rings is 1. The fraction of sp³-hybridized carbons (Fsp3) is 0.455. The van der Waals surface area contributed by atoms with Crippen molar-refractivity contribution in [3.8, 4) is 0 Å². The summed E-state index contributed by atoms with van der Waals surface area (Å²) in [6.07, 6.45) is 0.454. The van der Waals surface area contributed by atoms with E-state index in [0.29, 0.717) is 0 Å². The summed E-state index contributed by atoms with van der Waals surface area (Å²) < 4.78 is 2.10. The molecule has 0 radical (unpaired) electrons. The van der Waals surface area contributed by atoms with Gasteiger partial charge in [-0.25, -0.2) is 0 Å². The molecule has 1 aliphatic carbocycles. The highest BCUT2D eigenvalue weighted by molar-refractivity contribution is 9.11. The van der Waals surface area contributed by atoms with E-state index in [9.17, 15) is 5.11 Å². The lowest BCUT2D eigenvalue weighted by atomic mass is 9.87. The second-order valence-electron chi connectivity index (χ2n) is 4.42. The number of hydrogen-bond acceptors (Lipinski definition) is 1. The third kappa shape index (κ3) is 1.46. The largest absolute Gasteiger partial charge is 0.388 e. The first-order valence-corrected chi connectivity index (χ1v) is 6.18. The zero-order valence-corrected chi connectivity index (χ0v) is 11.3. The van der Waals surface area contributed by atoms with Gasteiger partial charge in [-0.3, -0.25) is 0 Å². The van der Waals surface area contributed by atoms with Crippen molar-refractivity contribution >= 4 is 31.9 Å². The fourth-order valence-electron chi connectivity index (χ4n) is 2.27. The molecule has 1 aromatic rings. The number of fused-ring (bicyclic) bond motifs is 1. The van der Waals surface area contributed by atoms with E-state index in [1.165, 1.54) is 5.56 Å². The van der Waals surface area contributed by atoms with Crippen molar-refractivity contribution in [2.45, 2.75) is 31.8 Å². The molecule has 76 valence electrons. The van der Waals surface area contributed by atoms with Crippen LogP contribution < -0.4 is 0 Å². The molecule has 3 heteroatoms. The Kier molecular flexibility index (Phi) is 2.53. The van der Waals surface area contributed by atoms with Gasteiger partial charge >= 0.3 is 0 Å². The Bertz CT molecular complexity index is 385. The number of aliphatic hydroxyl groups is 1. The van der Waals surface area contributed by atoms with Crippen LogP contribution in [0.1, 0.15) is 37.5 Å². The normalized spacial score (nSPS) is 23.6. The zero-order chi connectivity index (χ0) is 10.5. The van der Waals surface area contributed by atoms with Gasteiger partial charge in [-0.2, -0.15) is 0 Å². The van der Waals surface area contributed by atoms with Crippen LogP contribution in [0.4, 0.5) is 0 Å². The van der Waals surface area contributed by atoms with Crippen LogP contribution in [0, 0.1) is 0 Å². The van der Waals surface area contributed by atoms with E-state index in [2.05, 4.69) is 45.7 Å². The van der Waals surface area contributed by atoms with Gasteiger partial charge in [0.25, 0.3) is 0 Å². The smallest absolute Gasteiger partial charge is 0.0812 e. The molecule has 0 saturated carbocycles. The van der Waals surface area contributed by atoms with E-state index in [4.69, 9.17) is 0 Å². The molecule has 0 fully saturated rings. The van der Waals surface area contributed by atoms with E-state index in [-0.39, 0.29) is 11.5 Å². The van der Waals surface area contributed by atoms with Gasteiger partial charge in [0.15, 0.2) is 0 Å². The van der Waals surface area contributed by atoms with E-state index in [0.717, 1.165) is 20.9 Å². The van der Waals surface area contributed by atoms with Crippen LogP contribution in [0.2, 0.25) is 0 Å². The standard InChI is InChI=1S/C11H12Br2O/c1-11(2)5-8(14)9-6(12)3-4-7(13)10(9)11/h3-4,8,14H,5H2,1-2H3. The third-order valence-corrected chi connectivity index (χ3v) is 4.21. The molecule has 14 heavy (non-hydrogen) atoms. The van der Waals surface area contributed by atoms with Gasteiger partial charge in [-0.15, -0.1) is 0 Å². The monoisotopic (exact) mass is 318 g/mol. The maximum Gasteiger partial charge on any atom is 0.0812 e. The van der Waals surface area contributed by atoms with Crippen molar-refractivity contribution in [2.75, 3.05) is 0 Å². The molecule has 1 unspecified atom stereocenters. The molecule has 0 bridgehead atoms. The van der Waals surface area contributed by atoms with Gasteiger partial charge < -0.3 is 5.11 Å². The molecule has 0 spiro atoms. The maximum absolute atomic E-state index is 9.97. The Morgan fingerprint density at radius 2 is 1.86 bits per heavy atom. The molecule has 1 aliphatic rings. The summed E-state index contributed by atoms with van der Waals surface area (Å²) in [5.74, 6) is 0. The van der Waals surface area contributed by atoms with Crippen molar-refractivity contribution in [3.05, 3.63) is 32.2 Å². The van der Waals surface area contributed by atoms with E-state index >= 15 is 0 Å². The van der Waals surface area contributed by atoms with Gasteiger partial charge in [0.1, 0.15) is 0 Å². The first-order valence-electron chi connectivity index (χ1n) is 4.60. The van der Waals surface area contributed by atoms with E-state index in [1.807, 2.05) is 12.1 Å². The Morgan fingerprint density at radius 3 is 2.43 bits per heavy atom. The Hall–Kier alpha value is 0.140. The predicted octanol–water partition coefficient (Wildman–Crippen LogP) is 3.93. The quantitative estimate of drug-likeness (QED) is 0.768. The molecule has 0 saturated heterocycles. The Morgan fingerprint density at radius 1 is 1.29 bits per heavy atom. The van der Waals surface area contributed by atoms with Crippen LogP contribution >= 0.6 is 31.9 Å². The van der Waals surface area contributed by atoms with Gasteiger partial charge in [-0.05, 0) is 35.1 Å². The summed E-state index contributed by atoms with van der Waals surface area (Å²) >= 11 is 7.05. The summed E-state index contributed by atoms with van der Waals surface area (Å²) in [7, 11) is 0. The first-order chi connectivity index (χ1) is 6.43. The van der Waals surface area contributed by atoms with Crippen LogP contribution in [0.25, 0.3) is 0 Å². The second-order valence-corrected chi connectivity index (χ2v) is 6.13. The molecule has 1 nitrogen and oxygen atoms in total. The number of hydrogen-bond donors (Lipinski definition) is 1. The zero-order valence-electron chi connectivity index (χ0n) is 8.14. The fourth-order valence-corrected chi connectivity index (χ4v) is 3.75. The first kappa shape index (κ1) is 10.7. The molecule has 0 aromatic heterocycles.